The first-order chi connectivity index (χ1) is 10.9. The highest BCUT2D eigenvalue weighted by molar-refractivity contribution is 6.15. The molecule has 0 aliphatic carbocycles. The lowest BCUT2D eigenvalue weighted by molar-refractivity contribution is -0.222. The lowest BCUT2D eigenvalue weighted by Gasteiger charge is -2.29. The summed E-state index contributed by atoms with van der Waals surface area (Å²) in [5.74, 6) is -2.36. The fourth-order valence-corrected chi connectivity index (χ4v) is 1.92. The number of cyclic esters (lactones) is 2. The Morgan fingerprint density at radius 1 is 1.30 bits per heavy atom. The molecule has 0 atom stereocenters. The van der Waals surface area contributed by atoms with E-state index in [0.29, 0.717) is 23.6 Å². The molecule has 0 saturated carbocycles. The molecule has 0 spiro atoms. The third-order valence-corrected chi connectivity index (χ3v) is 2.90. The Morgan fingerprint density at radius 3 is 2.52 bits per heavy atom. The van der Waals surface area contributed by atoms with Gasteiger partial charge < -0.3 is 19.5 Å². The van der Waals surface area contributed by atoms with E-state index in [4.69, 9.17) is 19.5 Å². The van der Waals surface area contributed by atoms with Gasteiger partial charge in [0.05, 0.1) is 12.2 Å². The number of anilines is 1. The summed E-state index contributed by atoms with van der Waals surface area (Å²) in [6.07, 6.45) is 1.19. The van der Waals surface area contributed by atoms with Crippen molar-refractivity contribution in [3.05, 3.63) is 35.5 Å². The lowest BCUT2D eigenvalue weighted by atomic mass is 10.2. The SMILES string of the molecule is CCOc1ccc(NC=C2C(=O)OC(C)(C)OC2=O)cc1C#N. The number of rotatable bonds is 4. The van der Waals surface area contributed by atoms with E-state index in [1.54, 1.807) is 18.2 Å². The summed E-state index contributed by atoms with van der Waals surface area (Å²) in [6, 6.07) is 6.85. The monoisotopic (exact) mass is 316 g/mol. The maximum atomic E-state index is 11.8. The van der Waals surface area contributed by atoms with Crippen LogP contribution in [0, 0.1) is 11.3 Å². The van der Waals surface area contributed by atoms with Crippen LogP contribution in [0.3, 0.4) is 0 Å². The van der Waals surface area contributed by atoms with Crippen LogP contribution in [0.2, 0.25) is 0 Å². The van der Waals surface area contributed by atoms with Gasteiger partial charge in [-0.2, -0.15) is 5.26 Å². The largest absolute Gasteiger partial charge is 0.492 e. The standard InChI is InChI=1S/C16H16N2O5/c1-4-21-13-6-5-11(7-10(13)8-17)18-9-12-14(19)22-16(2,3)23-15(12)20/h5-7,9,18H,4H2,1-3H3. The Morgan fingerprint density at radius 2 is 1.96 bits per heavy atom. The van der Waals surface area contributed by atoms with Crippen molar-refractivity contribution in [2.24, 2.45) is 0 Å². The van der Waals surface area contributed by atoms with Crippen LogP contribution >= 0.6 is 0 Å². The van der Waals surface area contributed by atoms with E-state index in [1.807, 2.05) is 13.0 Å². The Labute approximate surface area is 133 Å². The zero-order chi connectivity index (χ0) is 17.0. The number of ether oxygens (including phenoxy) is 3. The highest BCUT2D eigenvalue weighted by atomic mass is 16.7. The van der Waals surface area contributed by atoms with Crippen molar-refractivity contribution >= 4 is 17.6 Å². The van der Waals surface area contributed by atoms with Crippen LogP contribution < -0.4 is 10.1 Å². The van der Waals surface area contributed by atoms with Crippen LogP contribution in [0.4, 0.5) is 5.69 Å². The Kier molecular flexibility index (Phi) is 4.55. The van der Waals surface area contributed by atoms with Gasteiger partial charge in [0.1, 0.15) is 11.8 Å². The Bertz CT molecular complexity index is 694. The molecule has 1 N–H and O–H groups in total. The molecule has 1 aromatic rings. The molecule has 0 unspecified atom stereocenters. The van der Waals surface area contributed by atoms with Gasteiger partial charge in [0.15, 0.2) is 5.57 Å². The van der Waals surface area contributed by atoms with Crippen molar-refractivity contribution in [3.63, 3.8) is 0 Å². The second-order valence-corrected chi connectivity index (χ2v) is 5.14. The molecule has 0 amide bonds. The molecule has 7 heteroatoms. The molecular weight excluding hydrogens is 300 g/mol. The quantitative estimate of drug-likeness (QED) is 0.516. The van der Waals surface area contributed by atoms with Crippen LogP contribution in [0.25, 0.3) is 0 Å². The molecule has 120 valence electrons. The average Bonchev–Trinajstić information content (AvgIpc) is 2.46. The molecule has 0 radical (unpaired) electrons. The molecule has 1 saturated heterocycles. The van der Waals surface area contributed by atoms with Gasteiger partial charge in [-0.1, -0.05) is 0 Å². The van der Waals surface area contributed by atoms with Gasteiger partial charge >= 0.3 is 11.9 Å². The number of carbonyl (C=O) groups excluding carboxylic acids is 2. The molecule has 1 aliphatic heterocycles. The zero-order valence-corrected chi connectivity index (χ0v) is 13.0. The fraction of sp³-hybridized carbons (Fsp3) is 0.312. The molecule has 1 heterocycles. The van der Waals surface area contributed by atoms with Gasteiger partial charge in [0.2, 0.25) is 0 Å². The van der Waals surface area contributed by atoms with Crippen LogP contribution in [-0.2, 0) is 19.1 Å². The van der Waals surface area contributed by atoms with E-state index in [1.165, 1.54) is 20.0 Å². The molecule has 23 heavy (non-hydrogen) atoms. The minimum atomic E-state index is -1.28. The van der Waals surface area contributed by atoms with E-state index in [9.17, 15) is 9.59 Å². The second-order valence-electron chi connectivity index (χ2n) is 5.14. The number of nitrogens with zero attached hydrogens (tertiary/aromatic N) is 1. The van der Waals surface area contributed by atoms with Crippen LogP contribution in [0.5, 0.6) is 5.75 Å². The second kappa shape index (κ2) is 6.40. The van der Waals surface area contributed by atoms with Gasteiger partial charge in [-0.15, -0.1) is 0 Å². The molecule has 1 aromatic carbocycles. The first-order valence-corrected chi connectivity index (χ1v) is 6.96. The van der Waals surface area contributed by atoms with E-state index in [0.717, 1.165) is 0 Å². The molecule has 2 rings (SSSR count). The highest BCUT2D eigenvalue weighted by Crippen LogP contribution is 2.24. The molecule has 0 aromatic heterocycles. The maximum Gasteiger partial charge on any atom is 0.350 e. The predicted octanol–water partition coefficient (Wildman–Crippen LogP) is 2.09. The van der Waals surface area contributed by atoms with E-state index < -0.39 is 17.7 Å². The summed E-state index contributed by atoms with van der Waals surface area (Å²) in [7, 11) is 0. The first kappa shape index (κ1) is 16.4. The molecule has 7 nitrogen and oxygen atoms in total. The number of carbonyl (C=O) groups is 2. The van der Waals surface area contributed by atoms with Crippen LogP contribution in [0.15, 0.2) is 30.0 Å². The lowest BCUT2D eigenvalue weighted by Crippen LogP contribution is -2.42. The summed E-state index contributed by atoms with van der Waals surface area (Å²) >= 11 is 0. The summed E-state index contributed by atoms with van der Waals surface area (Å²) in [5.41, 5.74) is 0.602. The highest BCUT2D eigenvalue weighted by Gasteiger charge is 2.38. The number of nitriles is 1. The first-order valence-electron chi connectivity index (χ1n) is 6.96. The number of benzene rings is 1. The van der Waals surface area contributed by atoms with Crippen molar-refractivity contribution in [1.82, 2.24) is 0 Å². The van der Waals surface area contributed by atoms with Crippen molar-refractivity contribution in [1.29, 1.82) is 5.26 Å². The number of hydrogen-bond acceptors (Lipinski definition) is 7. The van der Waals surface area contributed by atoms with Crippen molar-refractivity contribution in [2.45, 2.75) is 26.6 Å². The third-order valence-electron chi connectivity index (χ3n) is 2.90. The van der Waals surface area contributed by atoms with Crippen LogP contribution in [0.1, 0.15) is 26.3 Å². The molecule has 1 fully saturated rings. The van der Waals surface area contributed by atoms with Gasteiger partial charge in [-0.05, 0) is 25.1 Å². The van der Waals surface area contributed by atoms with E-state index >= 15 is 0 Å². The Hall–Kier alpha value is -3.01. The zero-order valence-electron chi connectivity index (χ0n) is 13.0. The average molecular weight is 316 g/mol. The van der Waals surface area contributed by atoms with Crippen molar-refractivity contribution in [2.75, 3.05) is 11.9 Å². The number of esters is 2. The third kappa shape index (κ3) is 3.80. The van der Waals surface area contributed by atoms with Crippen LogP contribution in [-0.4, -0.2) is 24.3 Å². The minimum absolute atomic E-state index is 0.253. The van der Waals surface area contributed by atoms with Crippen molar-refractivity contribution < 1.29 is 23.8 Å². The van der Waals surface area contributed by atoms with E-state index in [2.05, 4.69) is 5.32 Å². The fourth-order valence-electron chi connectivity index (χ4n) is 1.92. The van der Waals surface area contributed by atoms with Crippen molar-refractivity contribution in [3.8, 4) is 11.8 Å². The van der Waals surface area contributed by atoms with Gasteiger partial charge in [-0.25, -0.2) is 9.59 Å². The van der Waals surface area contributed by atoms with E-state index in [-0.39, 0.29) is 5.57 Å². The smallest absolute Gasteiger partial charge is 0.350 e. The molecular formula is C16H16N2O5. The van der Waals surface area contributed by atoms with Gasteiger partial charge in [0, 0.05) is 25.7 Å². The maximum absolute atomic E-state index is 11.8. The predicted molar refractivity (Wildman–Crippen MR) is 80.3 cm³/mol. The number of nitrogens with one attached hydrogen (secondary N) is 1. The number of hydrogen-bond donors (Lipinski definition) is 1. The summed E-state index contributed by atoms with van der Waals surface area (Å²) in [5, 5.41) is 11.9. The normalized spacial score (nSPS) is 16.0. The van der Waals surface area contributed by atoms with Gasteiger partial charge in [0.25, 0.3) is 5.79 Å². The minimum Gasteiger partial charge on any atom is -0.492 e. The molecule has 0 bridgehead atoms. The summed E-state index contributed by atoms with van der Waals surface area (Å²) in [6.45, 7) is 5.20. The Balaban J connectivity index is 2.18. The van der Waals surface area contributed by atoms with Gasteiger partial charge in [-0.3, -0.25) is 0 Å². The molecule has 1 aliphatic rings. The topological polar surface area (TPSA) is 97.7 Å². The summed E-state index contributed by atoms with van der Waals surface area (Å²) < 4.78 is 15.3. The summed E-state index contributed by atoms with van der Waals surface area (Å²) in [4.78, 5) is 23.6.